The first kappa shape index (κ1) is 8.27. The average molecular weight is 182 g/mol. The lowest BCUT2D eigenvalue weighted by atomic mass is 9.83. The molecule has 0 fully saturated rings. The summed E-state index contributed by atoms with van der Waals surface area (Å²) in [5, 5.41) is 2.16. The van der Waals surface area contributed by atoms with Crippen LogP contribution in [0.25, 0.3) is 0 Å². The fourth-order valence-corrected chi connectivity index (χ4v) is 2.76. The van der Waals surface area contributed by atoms with Gasteiger partial charge in [0.15, 0.2) is 0 Å². The zero-order valence-electron chi connectivity index (χ0n) is 7.76. The number of thiophene rings is 1. The summed E-state index contributed by atoms with van der Waals surface area (Å²) in [6, 6.07) is 2.24. The zero-order chi connectivity index (χ0) is 8.77. The van der Waals surface area contributed by atoms with E-state index in [4.69, 9.17) is 4.74 Å². The van der Waals surface area contributed by atoms with Gasteiger partial charge in [0.2, 0.25) is 0 Å². The Hall–Kier alpha value is -0.340. The van der Waals surface area contributed by atoms with Gasteiger partial charge < -0.3 is 4.74 Å². The summed E-state index contributed by atoms with van der Waals surface area (Å²) >= 11 is 1.81. The largest absolute Gasteiger partial charge is 0.372 e. The summed E-state index contributed by atoms with van der Waals surface area (Å²) < 4.78 is 5.69. The zero-order valence-corrected chi connectivity index (χ0v) is 8.57. The predicted octanol–water partition coefficient (Wildman–Crippen LogP) is 3.12. The van der Waals surface area contributed by atoms with Crippen LogP contribution in [0.3, 0.4) is 0 Å². The Labute approximate surface area is 77.4 Å². The molecule has 66 valence electrons. The van der Waals surface area contributed by atoms with Crippen molar-refractivity contribution >= 4 is 11.3 Å². The second kappa shape index (κ2) is 2.57. The summed E-state index contributed by atoms with van der Waals surface area (Å²) in [6.45, 7) is 7.46. The Morgan fingerprint density at radius 3 is 3.00 bits per heavy atom. The Morgan fingerprint density at radius 1 is 1.58 bits per heavy atom. The molecule has 1 aliphatic heterocycles. The van der Waals surface area contributed by atoms with Crippen LogP contribution in [-0.2, 0) is 10.2 Å². The van der Waals surface area contributed by atoms with Crippen LogP contribution in [-0.4, -0.2) is 6.61 Å². The van der Waals surface area contributed by atoms with E-state index in [2.05, 4.69) is 32.2 Å². The summed E-state index contributed by atoms with van der Waals surface area (Å²) in [6.07, 6.45) is 0.299. The molecular formula is C10H14OS. The molecule has 0 N–H and O–H groups in total. The van der Waals surface area contributed by atoms with E-state index in [1.807, 2.05) is 11.3 Å². The first-order valence-corrected chi connectivity index (χ1v) is 5.19. The van der Waals surface area contributed by atoms with Gasteiger partial charge in [0.05, 0.1) is 12.7 Å². The number of fused-ring (bicyclic) bond motifs is 1. The maximum Gasteiger partial charge on any atom is 0.0892 e. The van der Waals surface area contributed by atoms with Crippen LogP contribution in [0.1, 0.15) is 37.3 Å². The molecular weight excluding hydrogens is 168 g/mol. The van der Waals surface area contributed by atoms with E-state index in [-0.39, 0.29) is 5.41 Å². The minimum atomic E-state index is 0.210. The minimum absolute atomic E-state index is 0.210. The maximum atomic E-state index is 5.69. The molecule has 2 rings (SSSR count). The van der Waals surface area contributed by atoms with Crippen LogP contribution in [0, 0.1) is 0 Å². The van der Waals surface area contributed by atoms with Crippen molar-refractivity contribution in [3.05, 3.63) is 21.9 Å². The van der Waals surface area contributed by atoms with Crippen LogP contribution in [0.4, 0.5) is 0 Å². The van der Waals surface area contributed by atoms with Crippen LogP contribution >= 0.6 is 11.3 Å². The number of hydrogen-bond donors (Lipinski definition) is 0. The molecule has 0 aromatic carbocycles. The molecule has 1 atom stereocenters. The summed E-state index contributed by atoms with van der Waals surface area (Å²) in [4.78, 5) is 1.41. The van der Waals surface area contributed by atoms with Crippen LogP contribution in [0.5, 0.6) is 0 Å². The normalized spacial score (nSPS) is 26.8. The van der Waals surface area contributed by atoms with Crippen molar-refractivity contribution in [1.82, 2.24) is 0 Å². The molecule has 1 nitrogen and oxygen atoms in total. The molecule has 2 heteroatoms. The van der Waals surface area contributed by atoms with E-state index in [9.17, 15) is 0 Å². The third-order valence-electron chi connectivity index (χ3n) is 2.49. The van der Waals surface area contributed by atoms with Crippen LogP contribution < -0.4 is 0 Å². The van der Waals surface area contributed by atoms with Crippen molar-refractivity contribution in [2.45, 2.75) is 32.3 Å². The molecule has 1 unspecified atom stereocenters. The van der Waals surface area contributed by atoms with Crippen molar-refractivity contribution in [3.8, 4) is 0 Å². The van der Waals surface area contributed by atoms with Gasteiger partial charge >= 0.3 is 0 Å². The van der Waals surface area contributed by atoms with Crippen molar-refractivity contribution in [2.75, 3.05) is 6.61 Å². The highest BCUT2D eigenvalue weighted by atomic mass is 32.1. The van der Waals surface area contributed by atoms with Gasteiger partial charge in [-0.3, -0.25) is 0 Å². The van der Waals surface area contributed by atoms with Gasteiger partial charge in [0.1, 0.15) is 0 Å². The monoisotopic (exact) mass is 182 g/mol. The van der Waals surface area contributed by atoms with E-state index in [0.717, 1.165) is 6.61 Å². The van der Waals surface area contributed by atoms with Gasteiger partial charge in [-0.2, -0.15) is 0 Å². The Morgan fingerprint density at radius 2 is 2.33 bits per heavy atom. The van der Waals surface area contributed by atoms with E-state index in [1.54, 1.807) is 0 Å². The third-order valence-corrected chi connectivity index (χ3v) is 3.57. The fourth-order valence-electron chi connectivity index (χ4n) is 1.68. The van der Waals surface area contributed by atoms with E-state index in [1.165, 1.54) is 10.4 Å². The quantitative estimate of drug-likeness (QED) is 0.599. The smallest absolute Gasteiger partial charge is 0.0892 e. The van der Waals surface area contributed by atoms with Crippen molar-refractivity contribution < 1.29 is 4.74 Å². The molecule has 0 bridgehead atoms. The molecule has 12 heavy (non-hydrogen) atoms. The highest BCUT2D eigenvalue weighted by Gasteiger charge is 2.32. The number of hydrogen-bond acceptors (Lipinski definition) is 2. The number of ether oxygens (including phenoxy) is 1. The first-order valence-electron chi connectivity index (χ1n) is 4.31. The predicted molar refractivity (Wildman–Crippen MR) is 51.7 cm³/mol. The van der Waals surface area contributed by atoms with E-state index in [0.29, 0.717) is 6.10 Å². The Bertz CT molecular complexity index is 288. The molecule has 0 radical (unpaired) electrons. The lowest BCUT2D eigenvalue weighted by Gasteiger charge is -2.33. The maximum absolute atomic E-state index is 5.69. The minimum Gasteiger partial charge on any atom is -0.372 e. The van der Waals surface area contributed by atoms with Gasteiger partial charge in [-0.15, -0.1) is 11.3 Å². The standard InChI is InChI=1S/C10H14OS/c1-7-9-8(4-5-12-9)10(2,3)6-11-7/h4-5,7H,6H2,1-3H3. The first-order chi connectivity index (χ1) is 5.61. The van der Waals surface area contributed by atoms with Crippen molar-refractivity contribution in [1.29, 1.82) is 0 Å². The van der Waals surface area contributed by atoms with Gasteiger partial charge in [-0.05, 0) is 23.9 Å². The Kier molecular flexibility index (Phi) is 1.77. The molecule has 1 aromatic rings. The molecule has 0 saturated carbocycles. The second-order valence-corrected chi connectivity index (χ2v) is 4.98. The van der Waals surface area contributed by atoms with Gasteiger partial charge in [-0.25, -0.2) is 0 Å². The van der Waals surface area contributed by atoms with Gasteiger partial charge in [0, 0.05) is 10.3 Å². The number of rotatable bonds is 0. The lowest BCUT2D eigenvalue weighted by molar-refractivity contribution is 0.0207. The fraction of sp³-hybridized carbons (Fsp3) is 0.600. The Balaban J connectivity index is 2.50. The summed E-state index contributed by atoms with van der Waals surface area (Å²) in [5.74, 6) is 0. The highest BCUT2D eigenvalue weighted by Crippen LogP contribution is 2.40. The second-order valence-electron chi connectivity index (χ2n) is 4.04. The topological polar surface area (TPSA) is 9.23 Å². The third kappa shape index (κ3) is 1.10. The van der Waals surface area contributed by atoms with Gasteiger partial charge in [0.25, 0.3) is 0 Å². The average Bonchev–Trinajstić information content (AvgIpc) is 2.46. The molecule has 0 aliphatic carbocycles. The van der Waals surface area contributed by atoms with Crippen LogP contribution in [0.15, 0.2) is 11.4 Å². The van der Waals surface area contributed by atoms with Crippen molar-refractivity contribution in [3.63, 3.8) is 0 Å². The summed E-state index contributed by atoms with van der Waals surface area (Å²) in [7, 11) is 0. The lowest BCUT2D eigenvalue weighted by Crippen LogP contribution is -2.30. The SMILES string of the molecule is CC1OCC(C)(C)c2ccsc21. The molecule has 0 amide bonds. The molecule has 0 spiro atoms. The molecule has 0 saturated heterocycles. The van der Waals surface area contributed by atoms with Crippen molar-refractivity contribution in [2.24, 2.45) is 0 Å². The van der Waals surface area contributed by atoms with E-state index < -0.39 is 0 Å². The highest BCUT2D eigenvalue weighted by molar-refractivity contribution is 7.10. The molecule has 2 heterocycles. The molecule has 1 aliphatic rings. The molecule has 1 aromatic heterocycles. The summed E-state index contributed by atoms with van der Waals surface area (Å²) in [5.41, 5.74) is 1.69. The van der Waals surface area contributed by atoms with E-state index >= 15 is 0 Å². The van der Waals surface area contributed by atoms with Gasteiger partial charge in [-0.1, -0.05) is 13.8 Å². The van der Waals surface area contributed by atoms with Crippen LogP contribution in [0.2, 0.25) is 0 Å².